The summed E-state index contributed by atoms with van der Waals surface area (Å²) in [5.74, 6) is 0.745. The van der Waals surface area contributed by atoms with Gasteiger partial charge in [0, 0.05) is 4.88 Å². The Balaban J connectivity index is 1.90. The highest BCUT2D eigenvalue weighted by Gasteiger charge is 2.12. The molecule has 0 saturated heterocycles. The Morgan fingerprint density at radius 3 is 3.00 bits per heavy atom. The Hall–Kier alpha value is -1.66. The maximum Gasteiger partial charge on any atom is 0.182 e. The fourth-order valence-corrected chi connectivity index (χ4v) is 2.77. The van der Waals surface area contributed by atoms with Gasteiger partial charge in [0.15, 0.2) is 11.5 Å². The lowest BCUT2D eigenvalue weighted by Gasteiger charge is -2.12. The summed E-state index contributed by atoms with van der Waals surface area (Å²) in [6.45, 7) is 2.06. The molecule has 0 aliphatic carbocycles. The highest BCUT2D eigenvalue weighted by molar-refractivity contribution is 7.16. The van der Waals surface area contributed by atoms with Crippen LogP contribution in [0.2, 0.25) is 4.34 Å². The van der Waals surface area contributed by atoms with Crippen molar-refractivity contribution in [1.29, 1.82) is 0 Å². The molecular weight excluding hydrogens is 270 g/mol. The van der Waals surface area contributed by atoms with Gasteiger partial charge in [0.25, 0.3) is 0 Å². The number of hydrogen-bond acceptors (Lipinski definition) is 5. The molecule has 0 aliphatic rings. The van der Waals surface area contributed by atoms with Crippen molar-refractivity contribution in [2.24, 2.45) is 0 Å². The van der Waals surface area contributed by atoms with E-state index in [-0.39, 0.29) is 6.04 Å². The number of halogens is 1. The first kappa shape index (κ1) is 11.4. The molecule has 3 aromatic heterocycles. The third kappa shape index (κ3) is 2.04. The summed E-state index contributed by atoms with van der Waals surface area (Å²) >= 11 is 7.49. The molecule has 3 aromatic rings. The maximum atomic E-state index is 5.93. The van der Waals surface area contributed by atoms with Crippen LogP contribution in [0.4, 0.5) is 5.82 Å². The number of anilines is 1. The van der Waals surface area contributed by atoms with E-state index >= 15 is 0 Å². The molecule has 0 bridgehead atoms. The molecule has 0 amide bonds. The van der Waals surface area contributed by atoms with E-state index in [1.165, 1.54) is 6.33 Å². The van der Waals surface area contributed by atoms with Crippen molar-refractivity contribution in [3.8, 4) is 0 Å². The standard InChI is InChI=1S/C11H10ClN5S/c1-6(7-2-3-8(12)18-7)17-11-9-10(14-4-13-9)15-5-16-11/h2-6H,1H3,(H2,13,14,15,16,17). The molecule has 1 unspecified atom stereocenters. The Kier molecular flexibility index (Phi) is 2.89. The number of H-pyrrole nitrogens is 1. The summed E-state index contributed by atoms with van der Waals surface area (Å²) in [6, 6.07) is 4.03. The van der Waals surface area contributed by atoms with E-state index in [1.807, 2.05) is 12.1 Å². The van der Waals surface area contributed by atoms with Gasteiger partial charge in [-0.25, -0.2) is 15.0 Å². The Bertz CT molecular complexity index is 677. The second kappa shape index (κ2) is 4.55. The Labute approximate surface area is 112 Å². The van der Waals surface area contributed by atoms with Gasteiger partial charge >= 0.3 is 0 Å². The van der Waals surface area contributed by atoms with Crippen LogP contribution in [0.1, 0.15) is 17.8 Å². The smallest absolute Gasteiger partial charge is 0.182 e. The zero-order valence-corrected chi connectivity index (χ0v) is 11.1. The monoisotopic (exact) mass is 279 g/mol. The summed E-state index contributed by atoms with van der Waals surface area (Å²) in [7, 11) is 0. The molecule has 92 valence electrons. The Morgan fingerprint density at radius 2 is 2.22 bits per heavy atom. The van der Waals surface area contributed by atoms with Crippen LogP contribution in [0.5, 0.6) is 0 Å². The van der Waals surface area contributed by atoms with Gasteiger partial charge in [-0.2, -0.15) is 0 Å². The predicted molar refractivity (Wildman–Crippen MR) is 73.1 cm³/mol. The first-order chi connectivity index (χ1) is 8.74. The number of rotatable bonds is 3. The zero-order chi connectivity index (χ0) is 12.5. The van der Waals surface area contributed by atoms with E-state index in [9.17, 15) is 0 Å². The molecule has 2 N–H and O–H groups in total. The molecule has 0 aliphatic heterocycles. The van der Waals surface area contributed by atoms with Crippen LogP contribution in [-0.4, -0.2) is 19.9 Å². The molecule has 5 nitrogen and oxygen atoms in total. The van der Waals surface area contributed by atoms with Crippen molar-refractivity contribution >= 4 is 39.9 Å². The van der Waals surface area contributed by atoms with E-state index in [2.05, 4.69) is 32.2 Å². The summed E-state index contributed by atoms with van der Waals surface area (Å²) in [6.07, 6.45) is 3.11. The average molecular weight is 280 g/mol. The van der Waals surface area contributed by atoms with E-state index < -0.39 is 0 Å². The number of fused-ring (bicyclic) bond motifs is 1. The van der Waals surface area contributed by atoms with Gasteiger partial charge in [-0.15, -0.1) is 11.3 Å². The van der Waals surface area contributed by atoms with E-state index in [1.54, 1.807) is 17.7 Å². The fraction of sp³-hybridized carbons (Fsp3) is 0.182. The largest absolute Gasteiger partial charge is 0.361 e. The summed E-state index contributed by atoms with van der Waals surface area (Å²) in [4.78, 5) is 16.6. The molecule has 0 spiro atoms. The molecule has 0 radical (unpaired) electrons. The van der Waals surface area contributed by atoms with Crippen molar-refractivity contribution in [1.82, 2.24) is 19.9 Å². The van der Waals surface area contributed by atoms with Crippen LogP contribution in [0.15, 0.2) is 24.8 Å². The lowest BCUT2D eigenvalue weighted by Crippen LogP contribution is -2.07. The second-order valence-corrected chi connectivity index (χ2v) is 5.58. The number of imidazole rings is 1. The molecule has 3 rings (SSSR count). The van der Waals surface area contributed by atoms with Crippen LogP contribution < -0.4 is 5.32 Å². The lowest BCUT2D eigenvalue weighted by atomic mass is 10.3. The molecule has 18 heavy (non-hydrogen) atoms. The highest BCUT2D eigenvalue weighted by Crippen LogP contribution is 2.29. The summed E-state index contributed by atoms with van der Waals surface area (Å²) in [5.41, 5.74) is 1.47. The van der Waals surface area contributed by atoms with Crippen molar-refractivity contribution in [3.05, 3.63) is 34.0 Å². The normalized spacial score (nSPS) is 12.8. The minimum Gasteiger partial charge on any atom is -0.361 e. The van der Waals surface area contributed by atoms with Gasteiger partial charge in [0.1, 0.15) is 11.8 Å². The SMILES string of the molecule is CC(Nc1ncnc2nc[nH]c12)c1ccc(Cl)s1. The quantitative estimate of drug-likeness (QED) is 0.772. The number of aromatic amines is 1. The minimum absolute atomic E-state index is 0.129. The molecular formula is C11H10ClN5S. The van der Waals surface area contributed by atoms with Gasteiger partial charge in [-0.05, 0) is 19.1 Å². The molecule has 3 heterocycles. The van der Waals surface area contributed by atoms with Gasteiger partial charge < -0.3 is 10.3 Å². The molecule has 1 atom stereocenters. The second-order valence-electron chi connectivity index (χ2n) is 3.83. The number of aromatic nitrogens is 4. The molecule has 7 heteroatoms. The number of nitrogens with one attached hydrogen (secondary N) is 2. The van der Waals surface area contributed by atoms with Gasteiger partial charge in [0.05, 0.1) is 16.7 Å². The van der Waals surface area contributed by atoms with E-state index in [4.69, 9.17) is 11.6 Å². The number of nitrogens with zero attached hydrogens (tertiary/aromatic N) is 3. The zero-order valence-electron chi connectivity index (χ0n) is 9.51. The van der Waals surface area contributed by atoms with Crippen molar-refractivity contribution in [2.45, 2.75) is 13.0 Å². The van der Waals surface area contributed by atoms with Crippen molar-refractivity contribution in [3.63, 3.8) is 0 Å². The van der Waals surface area contributed by atoms with Crippen LogP contribution >= 0.6 is 22.9 Å². The topological polar surface area (TPSA) is 66.5 Å². The first-order valence-corrected chi connectivity index (χ1v) is 6.59. The molecule has 0 aromatic carbocycles. The van der Waals surface area contributed by atoms with Crippen LogP contribution in [0, 0.1) is 0 Å². The lowest BCUT2D eigenvalue weighted by molar-refractivity contribution is 0.896. The third-order valence-electron chi connectivity index (χ3n) is 2.60. The van der Waals surface area contributed by atoms with Crippen LogP contribution in [0.25, 0.3) is 11.2 Å². The number of thiophene rings is 1. The Morgan fingerprint density at radius 1 is 1.33 bits per heavy atom. The predicted octanol–water partition coefficient (Wildman–Crippen LogP) is 3.24. The van der Waals surface area contributed by atoms with E-state index in [0.717, 1.165) is 20.5 Å². The third-order valence-corrected chi connectivity index (χ3v) is 4.01. The average Bonchev–Trinajstić information content (AvgIpc) is 2.97. The summed E-state index contributed by atoms with van der Waals surface area (Å²) < 4.78 is 0.785. The molecule has 0 saturated carbocycles. The number of hydrogen-bond donors (Lipinski definition) is 2. The van der Waals surface area contributed by atoms with Gasteiger partial charge in [-0.3, -0.25) is 0 Å². The van der Waals surface area contributed by atoms with Crippen LogP contribution in [0.3, 0.4) is 0 Å². The highest BCUT2D eigenvalue weighted by atomic mass is 35.5. The first-order valence-electron chi connectivity index (χ1n) is 5.40. The fourth-order valence-electron chi connectivity index (χ4n) is 1.71. The minimum atomic E-state index is 0.129. The summed E-state index contributed by atoms with van der Waals surface area (Å²) in [5, 5.41) is 3.33. The van der Waals surface area contributed by atoms with Gasteiger partial charge in [0.2, 0.25) is 0 Å². The van der Waals surface area contributed by atoms with E-state index in [0.29, 0.717) is 5.65 Å². The van der Waals surface area contributed by atoms with Crippen molar-refractivity contribution in [2.75, 3.05) is 5.32 Å². The maximum absolute atomic E-state index is 5.93. The molecule has 0 fully saturated rings. The van der Waals surface area contributed by atoms with Gasteiger partial charge in [-0.1, -0.05) is 11.6 Å². The van der Waals surface area contributed by atoms with Crippen LogP contribution in [-0.2, 0) is 0 Å². The van der Waals surface area contributed by atoms with Crippen molar-refractivity contribution < 1.29 is 0 Å².